The Morgan fingerprint density at radius 3 is 2.29 bits per heavy atom. The van der Waals surface area contributed by atoms with Gasteiger partial charge in [0.1, 0.15) is 0 Å². The number of rotatable bonds is 1. The maximum Gasteiger partial charge on any atom is 0.573 e. The van der Waals surface area contributed by atoms with Gasteiger partial charge in [-0.1, -0.05) is 15.9 Å². The van der Waals surface area contributed by atoms with Gasteiger partial charge in [-0.3, -0.25) is 0 Å². The lowest BCUT2D eigenvalue weighted by Gasteiger charge is -2.12. The number of alkyl halides is 3. The minimum Gasteiger partial charge on any atom is -0.403 e. The molecule has 3 nitrogen and oxygen atoms in total. The lowest BCUT2D eigenvalue weighted by molar-refractivity contribution is -0.274. The molecule has 0 saturated heterocycles. The van der Waals surface area contributed by atoms with Crippen molar-refractivity contribution in [2.75, 3.05) is 11.5 Å². The Kier molecular flexibility index (Phi) is 2.79. The van der Waals surface area contributed by atoms with Crippen molar-refractivity contribution >= 4 is 27.3 Å². The van der Waals surface area contributed by atoms with E-state index >= 15 is 0 Å². The molecule has 7 heteroatoms. The molecule has 0 aliphatic carbocycles. The van der Waals surface area contributed by atoms with Crippen molar-refractivity contribution < 1.29 is 17.9 Å². The van der Waals surface area contributed by atoms with Gasteiger partial charge in [0.15, 0.2) is 5.75 Å². The number of halogens is 4. The third kappa shape index (κ3) is 2.69. The average Bonchev–Trinajstić information content (AvgIpc) is 1.96. The van der Waals surface area contributed by atoms with E-state index in [0.717, 1.165) is 6.07 Å². The predicted octanol–water partition coefficient (Wildman–Crippen LogP) is 2.51. The van der Waals surface area contributed by atoms with E-state index in [1.165, 1.54) is 6.07 Å². The topological polar surface area (TPSA) is 61.3 Å². The molecule has 0 radical (unpaired) electrons. The molecule has 0 atom stereocenters. The quantitative estimate of drug-likeness (QED) is 0.771. The van der Waals surface area contributed by atoms with Gasteiger partial charge in [0.2, 0.25) is 0 Å². The van der Waals surface area contributed by atoms with Crippen molar-refractivity contribution in [3.05, 3.63) is 16.6 Å². The third-order valence-electron chi connectivity index (χ3n) is 1.36. The predicted molar refractivity (Wildman–Crippen MR) is 49.6 cm³/mol. The second kappa shape index (κ2) is 3.56. The summed E-state index contributed by atoms with van der Waals surface area (Å²) in [6, 6.07) is 2.48. The lowest BCUT2D eigenvalue weighted by atomic mass is 10.2. The van der Waals surface area contributed by atoms with Gasteiger partial charge in [0.05, 0.1) is 11.4 Å². The van der Waals surface area contributed by atoms with Crippen molar-refractivity contribution in [3.8, 4) is 5.75 Å². The Labute approximate surface area is 86.0 Å². The van der Waals surface area contributed by atoms with Crippen LogP contribution in [0.1, 0.15) is 0 Å². The van der Waals surface area contributed by atoms with E-state index in [2.05, 4.69) is 20.7 Å². The number of hydrogen-bond donors (Lipinski definition) is 2. The highest BCUT2D eigenvalue weighted by Gasteiger charge is 2.32. The van der Waals surface area contributed by atoms with E-state index in [-0.39, 0.29) is 11.4 Å². The molecule has 1 aromatic carbocycles. The van der Waals surface area contributed by atoms with Crippen LogP contribution in [0.15, 0.2) is 16.6 Å². The molecule has 14 heavy (non-hydrogen) atoms. The fourth-order valence-corrected chi connectivity index (χ4v) is 1.28. The van der Waals surface area contributed by atoms with Gasteiger partial charge >= 0.3 is 6.36 Å². The molecule has 1 aromatic rings. The van der Waals surface area contributed by atoms with Crippen LogP contribution in [0.25, 0.3) is 0 Å². The highest BCUT2D eigenvalue weighted by atomic mass is 79.9. The summed E-state index contributed by atoms with van der Waals surface area (Å²) in [5.41, 5.74) is 10.4. The fraction of sp³-hybridized carbons (Fsp3) is 0.143. The van der Waals surface area contributed by atoms with Gasteiger partial charge in [-0.05, 0) is 12.1 Å². The Hall–Kier alpha value is -1.11. The zero-order valence-corrected chi connectivity index (χ0v) is 8.32. The molecule has 0 fully saturated rings. The number of ether oxygens (including phenoxy) is 1. The first-order chi connectivity index (χ1) is 6.29. The molecule has 0 spiro atoms. The number of nitrogens with two attached hydrogens (primary N) is 2. The average molecular weight is 271 g/mol. The van der Waals surface area contributed by atoms with Crippen molar-refractivity contribution in [2.24, 2.45) is 0 Å². The zero-order chi connectivity index (χ0) is 10.9. The molecule has 78 valence electrons. The van der Waals surface area contributed by atoms with Gasteiger partial charge in [0.25, 0.3) is 0 Å². The highest BCUT2D eigenvalue weighted by molar-refractivity contribution is 9.10. The maximum absolute atomic E-state index is 11.9. The Balaban J connectivity index is 3.09. The van der Waals surface area contributed by atoms with Gasteiger partial charge in [-0.25, -0.2) is 0 Å². The third-order valence-corrected chi connectivity index (χ3v) is 1.82. The van der Waals surface area contributed by atoms with Crippen molar-refractivity contribution in [1.29, 1.82) is 0 Å². The summed E-state index contributed by atoms with van der Waals surface area (Å²) in [5.74, 6) is -0.510. The molecule has 0 bridgehead atoms. The zero-order valence-electron chi connectivity index (χ0n) is 6.73. The number of anilines is 2. The first-order valence-electron chi connectivity index (χ1n) is 3.40. The molecule has 0 aliphatic rings. The van der Waals surface area contributed by atoms with Crippen LogP contribution in [-0.4, -0.2) is 6.36 Å². The van der Waals surface area contributed by atoms with Crippen LogP contribution in [-0.2, 0) is 0 Å². The summed E-state index contributed by atoms with van der Waals surface area (Å²) in [6.07, 6.45) is -4.78. The molecule has 0 heterocycles. The van der Waals surface area contributed by atoms with Crippen LogP contribution >= 0.6 is 15.9 Å². The Morgan fingerprint density at radius 1 is 1.21 bits per heavy atom. The number of nitrogen functional groups attached to an aromatic ring is 2. The second-order valence-corrected chi connectivity index (χ2v) is 3.37. The first kappa shape index (κ1) is 11.0. The maximum atomic E-state index is 11.9. The first-order valence-corrected chi connectivity index (χ1v) is 4.19. The van der Waals surface area contributed by atoms with Crippen molar-refractivity contribution in [3.63, 3.8) is 0 Å². The van der Waals surface area contributed by atoms with Crippen LogP contribution in [0, 0.1) is 0 Å². The summed E-state index contributed by atoms with van der Waals surface area (Å²) in [7, 11) is 0. The Morgan fingerprint density at radius 2 is 1.79 bits per heavy atom. The molecular weight excluding hydrogens is 265 g/mol. The molecule has 0 unspecified atom stereocenters. The Bertz CT molecular complexity index is 354. The van der Waals surface area contributed by atoms with Crippen LogP contribution in [0.2, 0.25) is 0 Å². The highest BCUT2D eigenvalue weighted by Crippen LogP contribution is 2.35. The summed E-state index contributed by atoms with van der Waals surface area (Å²) < 4.78 is 39.6. The van der Waals surface area contributed by atoms with E-state index in [9.17, 15) is 13.2 Å². The van der Waals surface area contributed by atoms with Gasteiger partial charge in [-0.2, -0.15) is 0 Å². The van der Waals surface area contributed by atoms with Crippen LogP contribution in [0.3, 0.4) is 0 Å². The fourth-order valence-electron chi connectivity index (χ4n) is 0.822. The second-order valence-electron chi connectivity index (χ2n) is 2.45. The van der Waals surface area contributed by atoms with E-state index in [0.29, 0.717) is 4.47 Å². The largest absolute Gasteiger partial charge is 0.573 e. The summed E-state index contributed by atoms with van der Waals surface area (Å²) in [4.78, 5) is 0. The van der Waals surface area contributed by atoms with Crippen molar-refractivity contribution in [1.82, 2.24) is 0 Å². The molecule has 4 N–H and O–H groups in total. The number of benzene rings is 1. The molecule has 0 aliphatic heterocycles. The smallest absolute Gasteiger partial charge is 0.403 e. The summed E-state index contributed by atoms with van der Waals surface area (Å²) >= 11 is 2.97. The minimum atomic E-state index is -4.78. The molecule has 0 saturated carbocycles. The standard InChI is InChI=1S/C7H6BrF3N2O/c8-3-1-4(12)6(13)5(2-3)14-7(9,10)11/h1-2H,12-13H2. The van der Waals surface area contributed by atoms with E-state index in [4.69, 9.17) is 11.5 Å². The molecule has 0 amide bonds. The van der Waals surface area contributed by atoms with Crippen LogP contribution in [0.4, 0.5) is 24.5 Å². The summed E-state index contributed by atoms with van der Waals surface area (Å²) in [6.45, 7) is 0. The minimum absolute atomic E-state index is 0.0265. The molecule has 0 aromatic heterocycles. The SMILES string of the molecule is Nc1cc(Br)cc(OC(F)(F)F)c1N. The lowest BCUT2D eigenvalue weighted by Crippen LogP contribution is -2.18. The summed E-state index contributed by atoms with van der Waals surface area (Å²) in [5, 5.41) is 0. The monoisotopic (exact) mass is 270 g/mol. The number of hydrogen-bond acceptors (Lipinski definition) is 3. The molecular formula is C7H6BrF3N2O. The van der Waals surface area contributed by atoms with E-state index in [1.54, 1.807) is 0 Å². The van der Waals surface area contributed by atoms with Gasteiger partial charge < -0.3 is 16.2 Å². The van der Waals surface area contributed by atoms with E-state index < -0.39 is 12.1 Å². The van der Waals surface area contributed by atoms with Gasteiger partial charge in [0, 0.05) is 4.47 Å². The van der Waals surface area contributed by atoms with Crippen LogP contribution < -0.4 is 16.2 Å². The van der Waals surface area contributed by atoms with E-state index in [1.807, 2.05) is 0 Å². The molecule has 1 rings (SSSR count). The van der Waals surface area contributed by atoms with Gasteiger partial charge in [-0.15, -0.1) is 13.2 Å². The normalized spacial score (nSPS) is 11.4. The van der Waals surface area contributed by atoms with Crippen LogP contribution in [0.5, 0.6) is 5.75 Å². The van der Waals surface area contributed by atoms with Crippen molar-refractivity contribution in [2.45, 2.75) is 6.36 Å².